The summed E-state index contributed by atoms with van der Waals surface area (Å²) in [5.41, 5.74) is 2.13. The molecule has 0 unspecified atom stereocenters. The summed E-state index contributed by atoms with van der Waals surface area (Å²) in [4.78, 5) is 16.7. The normalized spacial score (nSPS) is 15.8. The zero-order valence-electron chi connectivity index (χ0n) is 13.4. The summed E-state index contributed by atoms with van der Waals surface area (Å²) in [6.07, 6.45) is 3.51. The van der Waals surface area contributed by atoms with E-state index in [1.807, 2.05) is 12.1 Å². The second-order valence-corrected chi connectivity index (χ2v) is 6.92. The SMILES string of the molecule is Cc1ccc2nc(NC(=O)CC(C)(C)O)n(C3CCC3)c2c1. The minimum Gasteiger partial charge on any atom is -0.390 e. The predicted molar refractivity (Wildman–Crippen MR) is 86.9 cm³/mol. The van der Waals surface area contributed by atoms with Gasteiger partial charge in [0.1, 0.15) is 0 Å². The molecule has 0 spiro atoms. The van der Waals surface area contributed by atoms with E-state index in [2.05, 4.69) is 27.9 Å². The van der Waals surface area contributed by atoms with E-state index < -0.39 is 5.60 Å². The summed E-state index contributed by atoms with van der Waals surface area (Å²) in [6, 6.07) is 6.55. The highest BCUT2D eigenvalue weighted by molar-refractivity contribution is 5.92. The Labute approximate surface area is 130 Å². The largest absolute Gasteiger partial charge is 0.390 e. The summed E-state index contributed by atoms with van der Waals surface area (Å²) >= 11 is 0. The molecule has 0 saturated heterocycles. The zero-order chi connectivity index (χ0) is 15.9. The van der Waals surface area contributed by atoms with E-state index in [9.17, 15) is 9.90 Å². The van der Waals surface area contributed by atoms with Gasteiger partial charge in [-0.1, -0.05) is 6.07 Å². The van der Waals surface area contributed by atoms with E-state index in [4.69, 9.17) is 0 Å². The summed E-state index contributed by atoms with van der Waals surface area (Å²) in [5.74, 6) is 0.389. The van der Waals surface area contributed by atoms with E-state index >= 15 is 0 Å². The van der Waals surface area contributed by atoms with Crippen LogP contribution in [0.15, 0.2) is 18.2 Å². The number of fused-ring (bicyclic) bond motifs is 1. The Kier molecular flexibility index (Phi) is 3.68. The fraction of sp³-hybridized carbons (Fsp3) is 0.529. The minimum atomic E-state index is -1.02. The molecule has 1 aromatic carbocycles. The molecule has 1 aromatic heterocycles. The number of benzene rings is 1. The van der Waals surface area contributed by atoms with Crippen molar-refractivity contribution in [2.24, 2.45) is 0 Å². The van der Waals surface area contributed by atoms with Crippen molar-refractivity contribution < 1.29 is 9.90 Å². The minimum absolute atomic E-state index is 0.0555. The van der Waals surface area contributed by atoms with Gasteiger partial charge < -0.3 is 9.67 Å². The van der Waals surface area contributed by atoms with Gasteiger partial charge in [-0.05, 0) is 57.7 Å². The average Bonchev–Trinajstić information content (AvgIpc) is 2.63. The molecule has 0 radical (unpaired) electrons. The van der Waals surface area contributed by atoms with Crippen molar-refractivity contribution in [3.05, 3.63) is 23.8 Å². The Bertz CT molecular complexity index is 708. The number of rotatable bonds is 4. The summed E-state index contributed by atoms with van der Waals surface area (Å²) < 4.78 is 2.15. The van der Waals surface area contributed by atoms with Crippen molar-refractivity contribution >= 4 is 22.9 Å². The molecule has 1 amide bonds. The van der Waals surface area contributed by atoms with Gasteiger partial charge in [-0.3, -0.25) is 10.1 Å². The second kappa shape index (κ2) is 5.39. The van der Waals surface area contributed by atoms with E-state index in [0.29, 0.717) is 12.0 Å². The Morgan fingerprint density at radius 2 is 2.18 bits per heavy atom. The third-order valence-corrected chi connectivity index (χ3v) is 4.13. The standard InChI is InChI=1S/C17H23N3O2/c1-11-7-8-13-14(9-11)20(12-5-4-6-12)16(18-13)19-15(21)10-17(2,3)22/h7-9,12,22H,4-6,10H2,1-3H3,(H,18,19,21). The Morgan fingerprint density at radius 1 is 1.45 bits per heavy atom. The van der Waals surface area contributed by atoms with Crippen molar-refractivity contribution in [2.75, 3.05) is 5.32 Å². The molecule has 1 fully saturated rings. The molecule has 0 aliphatic heterocycles. The maximum Gasteiger partial charge on any atom is 0.229 e. The lowest BCUT2D eigenvalue weighted by Crippen LogP contribution is -2.29. The maximum atomic E-state index is 12.1. The molecule has 0 atom stereocenters. The third-order valence-electron chi connectivity index (χ3n) is 4.13. The van der Waals surface area contributed by atoms with Crippen LogP contribution in [0.1, 0.15) is 51.1 Å². The van der Waals surface area contributed by atoms with Gasteiger partial charge in [0, 0.05) is 6.04 Å². The lowest BCUT2D eigenvalue weighted by molar-refractivity contribution is -0.119. The van der Waals surface area contributed by atoms with Crippen LogP contribution in [0.5, 0.6) is 0 Å². The van der Waals surface area contributed by atoms with Crippen LogP contribution < -0.4 is 5.32 Å². The summed E-state index contributed by atoms with van der Waals surface area (Å²) in [6.45, 7) is 5.32. The smallest absolute Gasteiger partial charge is 0.229 e. The molecule has 2 N–H and O–H groups in total. The first-order chi connectivity index (χ1) is 10.3. The van der Waals surface area contributed by atoms with Crippen LogP contribution in [-0.4, -0.2) is 26.2 Å². The first-order valence-electron chi connectivity index (χ1n) is 7.84. The highest BCUT2D eigenvalue weighted by Crippen LogP contribution is 2.37. The number of anilines is 1. The first-order valence-corrected chi connectivity index (χ1v) is 7.84. The number of nitrogens with one attached hydrogen (secondary N) is 1. The molecule has 0 bridgehead atoms. The molecular weight excluding hydrogens is 278 g/mol. The number of nitrogens with zero attached hydrogens (tertiary/aromatic N) is 2. The Hall–Kier alpha value is -1.88. The van der Waals surface area contributed by atoms with Crippen LogP contribution in [0, 0.1) is 6.92 Å². The fourth-order valence-electron chi connectivity index (χ4n) is 2.87. The summed E-state index contributed by atoms with van der Waals surface area (Å²) in [5, 5.41) is 12.7. The molecule has 1 saturated carbocycles. The lowest BCUT2D eigenvalue weighted by Gasteiger charge is -2.29. The topological polar surface area (TPSA) is 67.2 Å². The van der Waals surface area contributed by atoms with Gasteiger partial charge in [0.25, 0.3) is 0 Å². The van der Waals surface area contributed by atoms with Crippen molar-refractivity contribution in [2.45, 2.75) is 58.1 Å². The van der Waals surface area contributed by atoms with Crippen molar-refractivity contribution in [3.63, 3.8) is 0 Å². The van der Waals surface area contributed by atoms with Gasteiger partial charge in [-0.2, -0.15) is 0 Å². The van der Waals surface area contributed by atoms with Gasteiger partial charge >= 0.3 is 0 Å². The Balaban J connectivity index is 1.96. The molecule has 2 aromatic rings. The first kappa shape index (κ1) is 15.0. The molecule has 5 nitrogen and oxygen atoms in total. The number of carbonyl (C=O) groups is 1. The number of hydrogen-bond acceptors (Lipinski definition) is 3. The fourth-order valence-corrected chi connectivity index (χ4v) is 2.87. The number of aromatic nitrogens is 2. The average molecular weight is 301 g/mol. The monoisotopic (exact) mass is 301 g/mol. The maximum absolute atomic E-state index is 12.1. The van der Waals surface area contributed by atoms with Crippen LogP contribution in [0.3, 0.4) is 0 Å². The second-order valence-electron chi connectivity index (χ2n) is 6.92. The van der Waals surface area contributed by atoms with Crippen LogP contribution in [0.25, 0.3) is 11.0 Å². The molecule has 3 rings (SSSR count). The van der Waals surface area contributed by atoms with E-state index in [1.165, 1.54) is 12.0 Å². The predicted octanol–water partition coefficient (Wildman–Crippen LogP) is 3.17. The number of hydrogen-bond donors (Lipinski definition) is 2. The number of aliphatic hydroxyl groups is 1. The molecular formula is C17H23N3O2. The van der Waals surface area contributed by atoms with Crippen LogP contribution in [0.2, 0.25) is 0 Å². The van der Waals surface area contributed by atoms with Gasteiger partial charge in [-0.15, -0.1) is 0 Å². The number of aryl methyl sites for hydroxylation is 1. The van der Waals surface area contributed by atoms with Crippen molar-refractivity contribution in [3.8, 4) is 0 Å². The van der Waals surface area contributed by atoms with E-state index in [0.717, 1.165) is 23.9 Å². The molecule has 1 aliphatic rings. The molecule has 5 heteroatoms. The Morgan fingerprint density at radius 3 is 2.77 bits per heavy atom. The van der Waals surface area contributed by atoms with E-state index in [-0.39, 0.29) is 12.3 Å². The van der Waals surface area contributed by atoms with E-state index in [1.54, 1.807) is 13.8 Å². The quantitative estimate of drug-likeness (QED) is 0.911. The highest BCUT2D eigenvalue weighted by Gasteiger charge is 2.26. The molecule has 1 aliphatic carbocycles. The number of imidazole rings is 1. The molecule has 22 heavy (non-hydrogen) atoms. The molecule has 118 valence electrons. The van der Waals surface area contributed by atoms with Crippen LogP contribution in [0.4, 0.5) is 5.95 Å². The number of carbonyl (C=O) groups excluding carboxylic acids is 1. The highest BCUT2D eigenvalue weighted by atomic mass is 16.3. The third kappa shape index (κ3) is 2.99. The zero-order valence-corrected chi connectivity index (χ0v) is 13.4. The van der Waals surface area contributed by atoms with Crippen LogP contribution >= 0.6 is 0 Å². The van der Waals surface area contributed by atoms with Crippen LogP contribution in [-0.2, 0) is 4.79 Å². The lowest BCUT2D eigenvalue weighted by atomic mass is 9.92. The number of amides is 1. The van der Waals surface area contributed by atoms with Gasteiger partial charge in [0.05, 0.1) is 23.1 Å². The summed E-state index contributed by atoms with van der Waals surface area (Å²) in [7, 11) is 0. The van der Waals surface area contributed by atoms with Gasteiger partial charge in [-0.25, -0.2) is 4.98 Å². The molecule has 1 heterocycles. The van der Waals surface area contributed by atoms with Crippen molar-refractivity contribution in [1.29, 1.82) is 0 Å². The van der Waals surface area contributed by atoms with Gasteiger partial charge in [0.15, 0.2) is 0 Å². The van der Waals surface area contributed by atoms with Crippen molar-refractivity contribution in [1.82, 2.24) is 9.55 Å². The van der Waals surface area contributed by atoms with Gasteiger partial charge in [0.2, 0.25) is 11.9 Å².